The molecule has 0 saturated heterocycles. The van der Waals surface area contributed by atoms with Gasteiger partial charge in [-0.2, -0.15) is 0 Å². The average molecular weight is 298 g/mol. The van der Waals surface area contributed by atoms with Crippen LogP contribution >= 0.6 is 7.60 Å². The van der Waals surface area contributed by atoms with Crippen LogP contribution < -0.4 is 0 Å². The molecule has 0 bridgehead atoms. The third kappa shape index (κ3) is 19.4. The zero-order valence-electron chi connectivity index (χ0n) is 11.0. The van der Waals surface area contributed by atoms with Crippen molar-refractivity contribution in [2.45, 2.75) is 71.1 Å². The molecule has 3 nitrogen and oxygen atoms in total. The Morgan fingerprint density at radius 3 is 1.47 bits per heavy atom. The fraction of sp³-hybridized carbons (Fsp3) is 1.00. The minimum absolute atomic E-state index is 0. The van der Waals surface area contributed by atoms with Crippen LogP contribution in [0, 0.1) is 0 Å². The summed E-state index contributed by atoms with van der Waals surface area (Å²) in [5.41, 5.74) is 0. The summed E-state index contributed by atoms with van der Waals surface area (Å²) in [6, 6.07) is 0. The van der Waals surface area contributed by atoms with Gasteiger partial charge in [0.05, 0.1) is 0 Å². The Morgan fingerprint density at radius 2 is 1.12 bits per heavy atom. The molecule has 17 heavy (non-hydrogen) atoms. The molecule has 0 heterocycles. The predicted molar refractivity (Wildman–Crippen MR) is 68.8 cm³/mol. The van der Waals surface area contributed by atoms with E-state index in [1.807, 2.05) is 0 Å². The van der Waals surface area contributed by atoms with E-state index >= 15 is 0 Å². The molecule has 0 atom stereocenters. The molecule has 0 aliphatic carbocycles. The van der Waals surface area contributed by atoms with Crippen molar-refractivity contribution in [2.75, 3.05) is 6.16 Å². The molecule has 0 amide bonds. The van der Waals surface area contributed by atoms with Crippen LogP contribution in [0.15, 0.2) is 0 Å². The third-order valence-electron chi connectivity index (χ3n) is 2.80. The van der Waals surface area contributed by atoms with Crippen LogP contribution in [-0.2, 0) is 26.3 Å². The molecule has 0 aliphatic rings. The van der Waals surface area contributed by atoms with Gasteiger partial charge in [-0.3, -0.25) is 4.57 Å². The van der Waals surface area contributed by atoms with Crippen LogP contribution in [-0.4, -0.2) is 15.9 Å². The molecule has 0 radical (unpaired) electrons. The maximum atomic E-state index is 10.6. The molecule has 0 aromatic heterocycles. The Labute approximate surface area is 121 Å². The average Bonchev–Trinajstić information content (AvgIpc) is 2.19. The van der Waals surface area contributed by atoms with Gasteiger partial charge in [0.25, 0.3) is 0 Å². The van der Waals surface area contributed by atoms with E-state index in [2.05, 4.69) is 6.92 Å². The summed E-state index contributed by atoms with van der Waals surface area (Å²) in [4.78, 5) is 17.3. The van der Waals surface area contributed by atoms with E-state index in [0.717, 1.165) is 12.8 Å². The second-order valence-corrected chi connectivity index (χ2v) is 6.35. The molecule has 0 unspecified atom stereocenters. The van der Waals surface area contributed by atoms with Crippen LogP contribution in [0.4, 0.5) is 0 Å². The maximum Gasteiger partial charge on any atom is 0.325 e. The van der Waals surface area contributed by atoms with Crippen molar-refractivity contribution in [1.29, 1.82) is 0 Å². The minimum Gasteiger partial charge on any atom is -0.324 e. The van der Waals surface area contributed by atoms with Gasteiger partial charge in [0.2, 0.25) is 0 Å². The van der Waals surface area contributed by atoms with E-state index in [-0.39, 0.29) is 27.9 Å². The van der Waals surface area contributed by atoms with Gasteiger partial charge in [0, 0.05) is 27.9 Å². The van der Waals surface area contributed by atoms with E-state index in [0.29, 0.717) is 6.42 Å². The molecule has 0 fully saturated rings. The normalized spacial score (nSPS) is 11.2. The number of hydrogen-bond donors (Lipinski definition) is 2. The molecule has 5 heteroatoms. The quantitative estimate of drug-likeness (QED) is 0.343. The molecule has 0 rings (SSSR count). The van der Waals surface area contributed by atoms with Crippen LogP contribution in [0.5, 0.6) is 0 Å². The first-order valence-electron chi connectivity index (χ1n) is 6.61. The van der Waals surface area contributed by atoms with E-state index in [4.69, 9.17) is 9.79 Å². The fourth-order valence-electron chi connectivity index (χ4n) is 1.81. The van der Waals surface area contributed by atoms with E-state index < -0.39 is 7.60 Å². The van der Waals surface area contributed by atoms with Crippen molar-refractivity contribution >= 4 is 7.60 Å². The van der Waals surface area contributed by atoms with E-state index in [1.165, 1.54) is 44.9 Å². The van der Waals surface area contributed by atoms with Gasteiger partial charge in [0.15, 0.2) is 0 Å². The molecular weight excluding hydrogens is 271 g/mol. The largest absolute Gasteiger partial charge is 0.325 e. The van der Waals surface area contributed by atoms with Gasteiger partial charge < -0.3 is 9.79 Å². The van der Waals surface area contributed by atoms with Gasteiger partial charge in [-0.1, -0.05) is 64.7 Å². The first-order valence-corrected chi connectivity index (χ1v) is 8.40. The molecule has 0 spiro atoms. The fourth-order valence-corrected chi connectivity index (χ4v) is 2.44. The van der Waals surface area contributed by atoms with Crippen LogP contribution in [0.25, 0.3) is 0 Å². The number of unbranched alkanes of at least 4 members (excludes halogenated alkanes) is 9. The molecular formula is C12H27O3PTi. The minimum atomic E-state index is -3.74. The summed E-state index contributed by atoms with van der Waals surface area (Å²) in [5, 5.41) is 0. The summed E-state index contributed by atoms with van der Waals surface area (Å²) in [6.45, 7) is 2.22. The zero-order valence-corrected chi connectivity index (χ0v) is 13.5. The van der Waals surface area contributed by atoms with Gasteiger partial charge in [0.1, 0.15) is 0 Å². The second kappa shape index (κ2) is 13.3. The van der Waals surface area contributed by atoms with Gasteiger partial charge in [-0.05, 0) is 6.42 Å². The van der Waals surface area contributed by atoms with Crippen LogP contribution in [0.1, 0.15) is 71.1 Å². The van der Waals surface area contributed by atoms with Crippen molar-refractivity contribution in [3.63, 3.8) is 0 Å². The summed E-state index contributed by atoms with van der Waals surface area (Å²) in [5.74, 6) is 0. The Hall–Kier alpha value is 0.864. The first-order chi connectivity index (χ1) is 7.56. The van der Waals surface area contributed by atoms with Crippen molar-refractivity contribution < 1.29 is 36.1 Å². The number of rotatable bonds is 11. The van der Waals surface area contributed by atoms with Gasteiger partial charge in [-0.25, -0.2) is 0 Å². The Morgan fingerprint density at radius 1 is 0.765 bits per heavy atom. The predicted octanol–water partition coefficient (Wildman–Crippen LogP) is 4.08. The standard InChI is InChI=1S/C12H27O3P.Ti/c1-2-3-4-5-6-7-8-9-10-11-12-16(13,14)15;/h2-12H2,1H3,(H2,13,14,15);. The topological polar surface area (TPSA) is 57.5 Å². The molecule has 102 valence electrons. The van der Waals surface area contributed by atoms with E-state index in [9.17, 15) is 4.57 Å². The monoisotopic (exact) mass is 298 g/mol. The van der Waals surface area contributed by atoms with Crippen LogP contribution in [0.2, 0.25) is 0 Å². The van der Waals surface area contributed by atoms with Crippen LogP contribution in [0.3, 0.4) is 0 Å². The summed E-state index contributed by atoms with van der Waals surface area (Å²) < 4.78 is 10.6. The SMILES string of the molecule is CCCCCCCCCCCCP(=O)(O)O.[Ti]. The Kier molecular flexibility index (Phi) is 15.8. The van der Waals surface area contributed by atoms with Crippen molar-refractivity contribution in [3.05, 3.63) is 0 Å². The molecule has 0 aliphatic heterocycles. The molecule has 0 aromatic carbocycles. The molecule has 0 saturated carbocycles. The maximum absolute atomic E-state index is 10.6. The number of hydrogen-bond acceptors (Lipinski definition) is 1. The van der Waals surface area contributed by atoms with Gasteiger partial charge in [-0.15, -0.1) is 0 Å². The zero-order chi connectivity index (χ0) is 12.3. The summed E-state index contributed by atoms with van der Waals surface area (Å²) >= 11 is 0. The van der Waals surface area contributed by atoms with Crippen molar-refractivity contribution in [1.82, 2.24) is 0 Å². The van der Waals surface area contributed by atoms with E-state index in [1.54, 1.807) is 0 Å². The molecule has 0 aromatic rings. The Bertz CT molecular complexity index is 194. The second-order valence-electron chi connectivity index (χ2n) is 4.57. The molecule has 2 N–H and O–H groups in total. The van der Waals surface area contributed by atoms with Gasteiger partial charge >= 0.3 is 7.60 Å². The summed E-state index contributed by atoms with van der Waals surface area (Å²) in [6.07, 6.45) is 12.0. The smallest absolute Gasteiger partial charge is 0.324 e. The van der Waals surface area contributed by atoms with Crippen molar-refractivity contribution in [2.24, 2.45) is 0 Å². The summed E-state index contributed by atoms with van der Waals surface area (Å²) in [7, 11) is -3.74. The third-order valence-corrected chi connectivity index (χ3v) is 3.70. The first kappa shape index (κ1) is 20.2. The van der Waals surface area contributed by atoms with Crippen molar-refractivity contribution in [3.8, 4) is 0 Å². The Balaban J connectivity index is 0.